The Kier molecular flexibility index (Phi) is 3.55. The first-order chi connectivity index (χ1) is 10.2. The number of amides is 2. The molecule has 0 spiro atoms. The summed E-state index contributed by atoms with van der Waals surface area (Å²) < 4.78 is 6.44. The highest BCUT2D eigenvalue weighted by atomic mass is 16.6. The van der Waals surface area contributed by atoms with Gasteiger partial charge in [0.25, 0.3) is 0 Å². The predicted molar refractivity (Wildman–Crippen MR) is 76.0 cm³/mol. The molecule has 1 saturated heterocycles. The Hall–Kier alpha value is -2.83. The Morgan fingerprint density at radius 3 is 3.00 bits per heavy atom. The lowest BCUT2D eigenvalue weighted by molar-refractivity contribution is -0.116. The number of hydrogen-bond donors (Lipinski definition) is 1. The molecule has 1 aliphatic heterocycles. The summed E-state index contributed by atoms with van der Waals surface area (Å²) in [5, 5.41) is 6.76. The van der Waals surface area contributed by atoms with E-state index in [1.165, 1.54) is 9.58 Å². The van der Waals surface area contributed by atoms with Crippen molar-refractivity contribution in [2.24, 2.45) is 0 Å². The van der Waals surface area contributed by atoms with Crippen molar-refractivity contribution in [1.82, 2.24) is 9.78 Å². The lowest BCUT2D eigenvalue weighted by Gasteiger charge is -2.14. The number of hydrogen-bond acceptors (Lipinski definition) is 4. The molecule has 1 aromatic heterocycles. The fourth-order valence-electron chi connectivity index (χ4n) is 2.12. The molecule has 0 aliphatic carbocycles. The number of benzene rings is 1. The molecule has 0 radical (unpaired) electrons. The summed E-state index contributed by atoms with van der Waals surface area (Å²) in [7, 11) is 0. The van der Waals surface area contributed by atoms with Crippen molar-refractivity contribution in [1.29, 1.82) is 0 Å². The normalized spacial score (nSPS) is 14.1. The van der Waals surface area contributed by atoms with Gasteiger partial charge in [0.15, 0.2) is 0 Å². The summed E-state index contributed by atoms with van der Waals surface area (Å²) in [4.78, 5) is 25.0. The first-order valence-corrected chi connectivity index (χ1v) is 6.54. The number of rotatable bonds is 4. The summed E-state index contributed by atoms with van der Waals surface area (Å²) in [6.07, 6.45) is 2.97. The predicted octanol–water partition coefficient (Wildman–Crippen LogP) is 1.48. The molecule has 2 heterocycles. The van der Waals surface area contributed by atoms with Gasteiger partial charge in [0.1, 0.15) is 13.2 Å². The van der Waals surface area contributed by atoms with Gasteiger partial charge in [0, 0.05) is 23.8 Å². The Balaban J connectivity index is 1.68. The van der Waals surface area contributed by atoms with Gasteiger partial charge in [-0.05, 0) is 24.3 Å². The first kappa shape index (κ1) is 13.2. The summed E-state index contributed by atoms with van der Waals surface area (Å²) in [5.74, 6) is -0.181. The Bertz CT molecular complexity index is 654. The fraction of sp³-hybridized carbons (Fsp3) is 0.214. The standard InChI is InChI=1S/C14H14N4O3/c19-13(10-17-6-2-5-15-17)16-11-3-1-4-12(9-11)18-7-8-21-14(18)20/h1-6,9H,7-8,10H2,(H,16,19). The lowest BCUT2D eigenvalue weighted by atomic mass is 10.2. The van der Waals surface area contributed by atoms with Gasteiger partial charge in [-0.15, -0.1) is 0 Å². The number of cyclic esters (lactones) is 1. The highest BCUT2D eigenvalue weighted by molar-refractivity contribution is 5.93. The molecular weight excluding hydrogens is 272 g/mol. The van der Waals surface area contributed by atoms with Crippen LogP contribution in [-0.4, -0.2) is 34.9 Å². The van der Waals surface area contributed by atoms with Crippen molar-refractivity contribution in [3.63, 3.8) is 0 Å². The molecule has 2 amide bonds. The molecule has 0 bridgehead atoms. The number of anilines is 2. The lowest BCUT2D eigenvalue weighted by Crippen LogP contribution is -2.23. The van der Waals surface area contributed by atoms with Crippen LogP contribution < -0.4 is 10.2 Å². The molecule has 108 valence electrons. The zero-order valence-electron chi connectivity index (χ0n) is 11.2. The van der Waals surface area contributed by atoms with E-state index in [1.54, 1.807) is 42.7 Å². The van der Waals surface area contributed by atoms with Gasteiger partial charge in [-0.2, -0.15) is 5.10 Å². The molecule has 7 nitrogen and oxygen atoms in total. The number of ether oxygens (including phenoxy) is 1. The number of carbonyl (C=O) groups is 2. The maximum absolute atomic E-state index is 11.9. The van der Waals surface area contributed by atoms with E-state index in [9.17, 15) is 9.59 Å². The molecule has 1 fully saturated rings. The third-order valence-electron chi connectivity index (χ3n) is 3.07. The highest BCUT2D eigenvalue weighted by Gasteiger charge is 2.23. The van der Waals surface area contributed by atoms with Crippen LogP contribution in [0.15, 0.2) is 42.7 Å². The molecule has 1 aliphatic rings. The molecular formula is C14H14N4O3. The second-order valence-electron chi connectivity index (χ2n) is 4.57. The fourth-order valence-corrected chi connectivity index (χ4v) is 2.12. The minimum Gasteiger partial charge on any atom is -0.447 e. The van der Waals surface area contributed by atoms with Gasteiger partial charge >= 0.3 is 6.09 Å². The van der Waals surface area contributed by atoms with Crippen LogP contribution in [0.1, 0.15) is 0 Å². The summed E-state index contributed by atoms with van der Waals surface area (Å²) in [6, 6.07) is 8.85. The maximum Gasteiger partial charge on any atom is 0.414 e. The minimum atomic E-state index is -0.366. The van der Waals surface area contributed by atoms with Gasteiger partial charge in [0.05, 0.1) is 6.54 Å². The van der Waals surface area contributed by atoms with E-state index in [0.29, 0.717) is 24.5 Å². The number of nitrogens with zero attached hydrogens (tertiary/aromatic N) is 3. The van der Waals surface area contributed by atoms with Crippen molar-refractivity contribution < 1.29 is 14.3 Å². The Morgan fingerprint density at radius 1 is 1.38 bits per heavy atom. The highest BCUT2D eigenvalue weighted by Crippen LogP contribution is 2.22. The van der Waals surface area contributed by atoms with Crippen LogP contribution in [-0.2, 0) is 16.1 Å². The van der Waals surface area contributed by atoms with Crippen molar-refractivity contribution >= 4 is 23.4 Å². The molecule has 0 unspecified atom stereocenters. The van der Waals surface area contributed by atoms with Crippen molar-refractivity contribution in [2.75, 3.05) is 23.4 Å². The van der Waals surface area contributed by atoms with Crippen molar-refractivity contribution in [2.45, 2.75) is 6.54 Å². The molecule has 1 aromatic carbocycles. The van der Waals surface area contributed by atoms with E-state index < -0.39 is 0 Å². The molecule has 3 rings (SSSR count). The van der Waals surface area contributed by atoms with Gasteiger partial charge in [-0.3, -0.25) is 14.4 Å². The molecule has 1 N–H and O–H groups in total. The van der Waals surface area contributed by atoms with Gasteiger partial charge in [-0.25, -0.2) is 4.79 Å². The average Bonchev–Trinajstić information content (AvgIpc) is 3.10. The number of carbonyl (C=O) groups excluding carboxylic acids is 2. The van der Waals surface area contributed by atoms with Crippen LogP contribution >= 0.6 is 0 Å². The van der Waals surface area contributed by atoms with E-state index in [2.05, 4.69) is 10.4 Å². The largest absolute Gasteiger partial charge is 0.447 e. The van der Waals surface area contributed by atoms with E-state index in [1.807, 2.05) is 0 Å². The summed E-state index contributed by atoms with van der Waals surface area (Å²) >= 11 is 0. The second kappa shape index (κ2) is 5.66. The zero-order chi connectivity index (χ0) is 14.7. The van der Waals surface area contributed by atoms with Crippen molar-refractivity contribution in [3.05, 3.63) is 42.7 Å². The van der Waals surface area contributed by atoms with Crippen LogP contribution in [0.25, 0.3) is 0 Å². The second-order valence-corrected chi connectivity index (χ2v) is 4.57. The quantitative estimate of drug-likeness (QED) is 0.923. The number of aromatic nitrogens is 2. The van der Waals surface area contributed by atoms with Crippen LogP contribution in [0.4, 0.5) is 16.2 Å². The molecule has 2 aromatic rings. The third kappa shape index (κ3) is 3.02. The van der Waals surface area contributed by atoms with Crippen molar-refractivity contribution in [3.8, 4) is 0 Å². The zero-order valence-corrected chi connectivity index (χ0v) is 11.2. The SMILES string of the molecule is O=C(Cn1cccn1)Nc1cccc(N2CCOC2=O)c1. The smallest absolute Gasteiger partial charge is 0.414 e. The molecule has 0 atom stereocenters. The third-order valence-corrected chi connectivity index (χ3v) is 3.07. The van der Waals surface area contributed by atoms with Gasteiger partial charge < -0.3 is 10.1 Å². The summed E-state index contributed by atoms with van der Waals surface area (Å²) in [5.41, 5.74) is 1.33. The van der Waals surface area contributed by atoms with E-state index in [0.717, 1.165) is 0 Å². The maximum atomic E-state index is 11.9. The Morgan fingerprint density at radius 2 is 2.29 bits per heavy atom. The van der Waals surface area contributed by atoms with Gasteiger partial charge in [0.2, 0.25) is 5.91 Å². The van der Waals surface area contributed by atoms with Crippen LogP contribution in [0, 0.1) is 0 Å². The van der Waals surface area contributed by atoms with Crippen LogP contribution in [0.2, 0.25) is 0 Å². The molecule has 21 heavy (non-hydrogen) atoms. The molecule has 7 heteroatoms. The summed E-state index contributed by atoms with van der Waals surface area (Å²) in [6.45, 7) is 1.04. The monoisotopic (exact) mass is 286 g/mol. The minimum absolute atomic E-state index is 0.142. The Labute approximate surface area is 121 Å². The molecule has 0 saturated carbocycles. The topological polar surface area (TPSA) is 76.5 Å². The van der Waals surface area contributed by atoms with E-state index >= 15 is 0 Å². The van der Waals surface area contributed by atoms with Crippen LogP contribution in [0.3, 0.4) is 0 Å². The van der Waals surface area contributed by atoms with E-state index in [4.69, 9.17) is 4.74 Å². The first-order valence-electron chi connectivity index (χ1n) is 6.54. The van der Waals surface area contributed by atoms with Gasteiger partial charge in [-0.1, -0.05) is 6.07 Å². The van der Waals surface area contributed by atoms with E-state index in [-0.39, 0.29) is 18.5 Å². The number of nitrogens with one attached hydrogen (secondary N) is 1. The average molecular weight is 286 g/mol. The van der Waals surface area contributed by atoms with Crippen LogP contribution in [0.5, 0.6) is 0 Å².